The van der Waals surface area contributed by atoms with E-state index in [4.69, 9.17) is 24.9 Å². The summed E-state index contributed by atoms with van der Waals surface area (Å²) in [6.45, 7) is 3.57. The second kappa shape index (κ2) is 8.08. The molecule has 0 aromatic heterocycles. The molecule has 1 saturated carbocycles. The van der Waals surface area contributed by atoms with Crippen molar-refractivity contribution >= 4 is 11.5 Å². The third-order valence-electron chi connectivity index (χ3n) is 7.06. The molecule has 1 spiro atoms. The van der Waals surface area contributed by atoms with E-state index in [1.54, 1.807) is 14.2 Å². The van der Waals surface area contributed by atoms with Gasteiger partial charge in [-0.3, -0.25) is 4.90 Å². The molecular weight excluding hydrogens is 390 g/mol. The molecule has 2 aromatic carbocycles. The molecule has 2 aromatic rings. The van der Waals surface area contributed by atoms with Crippen LogP contribution in [0.1, 0.15) is 48.8 Å². The summed E-state index contributed by atoms with van der Waals surface area (Å²) in [5.41, 5.74) is 11.2. The molecule has 0 radical (unpaired) electrons. The summed E-state index contributed by atoms with van der Waals surface area (Å²) < 4.78 is 17.1. The van der Waals surface area contributed by atoms with E-state index in [0.717, 1.165) is 67.7 Å². The summed E-state index contributed by atoms with van der Waals surface area (Å²) in [6, 6.07) is 10.5. The number of fused-ring (bicyclic) bond motifs is 3. The van der Waals surface area contributed by atoms with E-state index in [1.165, 1.54) is 29.5 Å². The lowest BCUT2D eigenvalue weighted by Gasteiger charge is -2.25. The molecule has 2 aliphatic heterocycles. The third kappa shape index (κ3) is 3.53. The Morgan fingerprint density at radius 2 is 1.81 bits per heavy atom. The Hall–Kier alpha value is -2.73. The highest BCUT2D eigenvalue weighted by molar-refractivity contribution is 6.00. The zero-order valence-electron chi connectivity index (χ0n) is 18.4. The molecule has 3 aliphatic rings. The average molecular weight is 422 g/mol. The molecule has 6 nitrogen and oxygen atoms in total. The first-order valence-corrected chi connectivity index (χ1v) is 11.2. The molecule has 5 rings (SSSR count). The minimum atomic E-state index is -0.0887. The Morgan fingerprint density at radius 3 is 2.58 bits per heavy atom. The van der Waals surface area contributed by atoms with Crippen LogP contribution in [0.25, 0.3) is 0 Å². The smallest absolute Gasteiger partial charge is 0.163 e. The Balaban J connectivity index is 1.20. The number of nitrogens with zero attached hydrogens (tertiary/aromatic N) is 2. The van der Waals surface area contributed by atoms with Crippen LogP contribution in [0.5, 0.6) is 17.2 Å². The van der Waals surface area contributed by atoms with Gasteiger partial charge in [0.25, 0.3) is 0 Å². The van der Waals surface area contributed by atoms with Crippen LogP contribution in [0.2, 0.25) is 0 Å². The van der Waals surface area contributed by atoms with Gasteiger partial charge in [-0.15, -0.1) is 0 Å². The van der Waals surface area contributed by atoms with Gasteiger partial charge >= 0.3 is 0 Å². The standard InChI is InChI=1S/C25H31N3O3/c1-29-19-7-6-17-15-28(16-18(17)12-19)10-5-11-31-23-14-21-20(13-22(23)30-2)25(24(26)27-21)8-3-4-9-25/h6-7,12-14H,3-5,8-11,15-16H2,1-2H3,(H2,26,27). The highest BCUT2D eigenvalue weighted by Gasteiger charge is 2.45. The minimum Gasteiger partial charge on any atom is -0.497 e. The zero-order chi connectivity index (χ0) is 21.4. The highest BCUT2D eigenvalue weighted by atomic mass is 16.5. The first-order chi connectivity index (χ1) is 15.1. The van der Waals surface area contributed by atoms with E-state index >= 15 is 0 Å². The quantitative estimate of drug-likeness (QED) is 0.675. The Morgan fingerprint density at radius 1 is 1.00 bits per heavy atom. The molecular formula is C25H31N3O3. The van der Waals surface area contributed by atoms with Crippen LogP contribution < -0.4 is 19.9 Å². The fourth-order valence-electron chi connectivity index (χ4n) is 5.37. The minimum absolute atomic E-state index is 0.0887. The number of hydrogen-bond donors (Lipinski definition) is 1. The van der Waals surface area contributed by atoms with Crippen molar-refractivity contribution in [1.82, 2.24) is 4.90 Å². The number of amidine groups is 1. The number of methoxy groups -OCH3 is 2. The molecule has 31 heavy (non-hydrogen) atoms. The molecule has 1 aliphatic carbocycles. The van der Waals surface area contributed by atoms with Gasteiger partial charge in [0.1, 0.15) is 11.6 Å². The monoisotopic (exact) mass is 421 g/mol. The predicted octanol–water partition coefficient (Wildman–Crippen LogP) is 4.30. The lowest BCUT2D eigenvalue weighted by Crippen LogP contribution is -2.35. The fourth-order valence-corrected chi connectivity index (χ4v) is 5.37. The molecule has 0 bridgehead atoms. The second-order valence-corrected chi connectivity index (χ2v) is 8.85. The van der Waals surface area contributed by atoms with E-state index in [2.05, 4.69) is 23.1 Å². The number of nitrogens with two attached hydrogens (primary N) is 1. The summed E-state index contributed by atoms with van der Waals surface area (Å²) in [7, 11) is 3.41. The van der Waals surface area contributed by atoms with Crippen molar-refractivity contribution in [2.24, 2.45) is 10.7 Å². The van der Waals surface area contributed by atoms with Crippen LogP contribution in [0, 0.1) is 0 Å². The van der Waals surface area contributed by atoms with E-state index in [-0.39, 0.29) is 5.41 Å². The van der Waals surface area contributed by atoms with Gasteiger partial charge in [-0.2, -0.15) is 0 Å². The van der Waals surface area contributed by atoms with Gasteiger partial charge in [0, 0.05) is 25.7 Å². The second-order valence-electron chi connectivity index (χ2n) is 8.85. The first kappa shape index (κ1) is 20.2. The molecule has 2 N–H and O–H groups in total. The van der Waals surface area contributed by atoms with Crippen molar-refractivity contribution in [2.45, 2.75) is 50.6 Å². The lowest BCUT2D eigenvalue weighted by atomic mass is 9.79. The van der Waals surface area contributed by atoms with Crippen molar-refractivity contribution < 1.29 is 14.2 Å². The van der Waals surface area contributed by atoms with E-state index in [0.29, 0.717) is 6.61 Å². The lowest BCUT2D eigenvalue weighted by molar-refractivity contribution is 0.233. The molecule has 0 saturated heterocycles. The summed E-state index contributed by atoms with van der Waals surface area (Å²) in [4.78, 5) is 7.14. The Labute approximate surface area is 184 Å². The van der Waals surface area contributed by atoms with Gasteiger partial charge in [0.2, 0.25) is 0 Å². The van der Waals surface area contributed by atoms with Crippen molar-refractivity contribution in [3.63, 3.8) is 0 Å². The normalized spacial score (nSPS) is 18.7. The maximum Gasteiger partial charge on any atom is 0.163 e. The third-order valence-corrected chi connectivity index (χ3v) is 7.06. The summed E-state index contributed by atoms with van der Waals surface area (Å²) in [6.07, 6.45) is 5.49. The summed E-state index contributed by atoms with van der Waals surface area (Å²) >= 11 is 0. The zero-order valence-corrected chi connectivity index (χ0v) is 18.4. The number of aliphatic imine (C=N–C) groups is 1. The largest absolute Gasteiger partial charge is 0.497 e. The molecule has 164 valence electrons. The summed E-state index contributed by atoms with van der Waals surface area (Å²) in [5.74, 6) is 3.21. The van der Waals surface area contributed by atoms with E-state index in [1.807, 2.05) is 12.1 Å². The van der Waals surface area contributed by atoms with Crippen LogP contribution in [-0.2, 0) is 18.5 Å². The first-order valence-electron chi connectivity index (χ1n) is 11.2. The van der Waals surface area contributed by atoms with Gasteiger partial charge in [0.05, 0.1) is 31.9 Å². The molecule has 0 unspecified atom stereocenters. The van der Waals surface area contributed by atoms with Crippen LogP contribution in [0.3, 0.4) is 0 Å². The van der Waals surface area contributed by atoms with Crippen molar-refractivity contribution in [2.75, 3.05) is 27.4 Å². The van der Waals surface area contributed by atoms with Gasteiger partial charge in [-0.05, 0) is 54.2 Å². The Kier molecular flexibility index (Phi) is 5.26. The van der Waals surface area contributed by atoms with Gasteiger partial charge in [0.15, 0.2) is 11.5 Å². The summed E-state index contributed by atoms with van der Waals surface area (Å²) in [5, 5.41) is 0. The van der Waals surface area contributed by atoms with Gasteiger partial charge in [-0.25, -0.2) is 4.99 Å². The number of hydrogen-bond acceptors (Lipinski definition) is 6. The molecule has 6 heteroatoms. The molecule has 0 amide bonds. The number of ether oxygens (including phenoxy) is 3. The van der Waals surface area contributed by atoms with Crippen molar-refractivity contribution in [3.05, 3.63) is 47.0 Å². The van der Waals surface area contributed by atoms with Crippen LogP contribution in [0.15, 0.2) is 35.3 Å². The van der Waals surface area contributed by atoms with Crippen LogP contribution in [0.4, 0.5) is 5.69 Å². The number of benzene rings is 2. The van der Waals surface area contributed by atoms with Gasteiger partial charge in [-0.1, -0.05) is 18.9 Å². The predicted molar refractivity (Wildman–Crippen MR) is 122 cm³/mol. The van der Waals surface area contributed by atoms with Crippen LogP contribution in [-0.4, -0.2) is 38.1 Å². The average Bonchev–Trinajstić information content (AvgIpc) is 3.49. The maximum atomic E-state index is 6.37. The van der Waals surface area contributed by atoms with Gasteiger partial charge < -0.3 is 19.9 Å². The molecule has 1 fully saturated rings. The van der Waals surface area contributed by atoms with Crippen molar-refractivity contribution in [3.8, 4) is 17.2 Å². The SMILES string of the molecule is COc1ccc2c(c1)CN(CCCOc1cc3c(cc1OC)C1(CCCC1)C(N)=N3)C2. The van der Waals surface area contributed by atoms with Crippen LogP contribution >= 0.6 is 0 Å². The molecule has 2 heterocycles. The van der Waals surface area contributed by atoms with Crippen molar-refractivity contribution in [1.29, 1.82) is 0 Å². The maximum absolute atomic E-state index is 6.37. The molecule has 0 atom stereocenters. The van der Waals surface area contributed by atoms with E-state index < -0.39 is 0 Å². The van der Waals surface area contributed by atoms with E-state index in [9.17, 15) is 0 Å². The Bertz CT molecular complexity index is 1010. The topological polar surface area (TPSA) is 69.3 Å². The fraction of sp³-hybridized carbons (Fsp3) is 0.480. The highest BCUT2D eigenvalue weighted by Crippen LogP contribution is 2.52. The number of rotatable bonds is 7.